The Hall–Kier alpha value is -0.540. The van der Waals surface area contributed by atoms with E-state index in [1.807, 2.05) is 12.1 Å². The second-order valence-corrected chi connectivity index (χ2v) is 6.79. The predicted molar refractivity (Wildman–Crippen MR) is 83.8 cm³/mol. The van der Waals surface area contributed by atoms with E-state index in [0.717, 1.165) is 10.9 Å². The summed E-state index contributed by atoms with van der Waals surface area (Å²) >= 11 is 8.16. The molecule has 0 bridgehead atoms. The van der Waals surface area contributed by atoms with Crippen molar-refractivity contribution >= 4 is 34.7 Å². The van der Waals surface area contributed by atoms with Gasteiger partial charge < -0.3 is 11.1 Å². The van der Waals surface area contributed by atoms with E-state index in [0.29, 0.717) is 16.8 Å². The predicted octanol–water partition coefficient (Wildman–Crippen LogP) is 4.32. The monoisotopic (exact) mass is 284 g/mol. The minimum atomic E-state index is 0.563. The molecule has 0 radical (unpaired) electrons. The van der Waals surface area contributed by atoms with Gasteiger partial charge in [0.05, 0.1) is 10.7 Å². The van der Waals surface area contributed by atoms with E-state index >= 15 is 0 Å². The molecule has 100 valence electrons. The average Bonchev–Trinajstić information content (AvgIpc) is 2.74. The highest BCUT2D eigenvalue weighted by Gasteiger charge is 2.27. The fourth-order valence-electron chi connectivity index (χ4n) is 2.56. The summed E-state index contributed by atoms with van der Waals surface area (Å²) in [6.07, 6.45) is 3.88. The molecule has 0 spiro atoms. The first-order chi connectivity index (χ1) is 8.61. The molecule has 2 rings (SSSR count). The smallest absolute Gasteiger partial charge is 0.0656 e. The molecule has 1 saturated carbocycles. The number of halogens is 1. The third kappa shape index (κ3) is 3.07. The molecular formula is C14H21ClN2S. The van der Waals surface area contributed by atoms with Crippen LogP contribution in [0.5, 0.6) is 0 Å². The molecule has 0 heterocycles. The Bertz CT molecular complexity index is 423. The molecular weight excluding hydrogens is 264 g/mol. The van der Waals surface area contributed by atoms with Crippen molar-refractivity contribution in [3.05, 3.63) is 22.7 Å². The van der Waals surface area contributed by atoms with Gasteiger partial charge in [0, 0.05) is 17.0 Å². The van der Waals surface area contributed by atoms with Gasteiger partial charge in [-0.3, -0.25) is 0 Å². The lowest BCUT2D eigenvalue weighted by Gasteiger charge is -2.23. The molecule has 1 aromatic carbocycles. The van der Waals surface area contributed by atoms with Crippen LogP contribution >= 0.6 is 23.4 Å². The molecule has 1 aliphatic carbocycles. The van der Waals surface area contributed by atoms with Crippen molar-refractivity contribution < 1.29 is 0 Å². The lowest BCUT2D eigenvalue weighted by Crippen LogP contribution is -2.26. The van der Waals surface area contributed by atoms with E-state index < -0.39 is 0 Å². The average molecular weight is 285 g/mol. The first kappa shape index (κ1) is 13.9. The Morgan fingerprint density at radius 2 is 2.22 bits per heavy atom. The lowest BCUT2D eigenvalue weighted by molar-refractivity contribution is 0.767. The topological polar surface area (TPSA) is 38.0 Å². The largest absolute Gasteiger partial charge is 0.398 e. The van der Waals surface area contributed by atoms with Crippen molar-refractivity contribution in [2.75, 3.05) is 16.8 Å². The van der Waals surface area contributed by atoms with Gasteiger partial charge in [0.25, 0.3) is 0 Å². The van der Waals surface area contributed by atoms with Crippen LogP contribution in [0.1, 0.15) is 31.7 Å². The Labute approximate surface area is 119 Å². The molecule has 1 aromatic rings. The molecule has 0 aliphatic heterocycles. The van der Waals surface area contributed by atoms with Gasteiger partial charge in [-0.15, -0.1) is 0 Å². The highest BCUT2D eigenvalue weighted by molar-refractivity contribution is 7.99. The van der Waals surface area contributed by atoms with E-state index in [4.69, 9.17) is 17.3 Å². The van der Waals surface area contributed by atoms with Gasteiger partial charge in [-0.2, -0.15) is 11.8 Å². The van der Waals surface area contributed by atoms with Gasteiger partial charge in [-0.05, 0) is 43.2 Å². The van der Waals surface area contributed by atoms with Crippen molar-refractivity contribution in [1.29, 1.82) is 0 Å². The van der Waals surface area contributed by atoms with Crippen molar-refractivity contribution in [3.8, 4) is 0 Å². The molecule has 2 atom stereocenters. The number of rotatable bonds is 4. The second-order valence-electron chi connectivity index (χ2n) is 4.86. The Morgan fingerprint density at radius 3 is 2.94 bits per heavy atom. The zero-order valence-corrected chi connectivity index (χ0v) is 12.6. The zero-order chi connectivity index (χ0) is 13.1. The summed E-state index contributed by atoms with van der Waals surface area (Å²) in [7, 11) is 0. The highest BCUT2D eigenvalue weighted by Crippen LogP contribution is 2.34. The van der Waals surface area contributed by atoms with E-state index in [-0.39, 0.29) is 0 Å². The summed E-state index contributed by atoms with van der Waals surface area (Å²) in [5, 5.41) is 5.02. The summed E-state index contributed by atoms with van der Waals surface area (Å²) in [4.78, 5) is 0. The van der Waals surface area contributed by atoms with Crippen LogP contribution in [0.2, 0.25) is 5.02 Å². The van der Waals surface area contributed by atoms with Crippen LogP contribution in [0.4, 0.5) is 11.4 Å². The number of nitrogen functional groups attached to an aromatic ring is 1. The van der Waals surface area contributed by atoms with Gasteiger partial charge in [-0.1, -0.05) is 24.9 Å². The normalized spacial score (nSPS) is 23.3. The number of benzene rings is 1. The van der Waals surface area contributed by atoms with Gasteiger partial charge >= 0.3 is 0 Å². The van der Waals surface area contributed by atoms with E-state index in [2.05, 4.69) is 30.9 Å². The maximum Gasteiger partial charge on any atom is 0.0656 e. The van der Waals surface area contributed by atoms with Gasteiger partial charge in [0.1, 0.15) is 0 Å². The summed E-state index contributed by atoms with van der Waals surface area (Å²) < 4.78 is 0. The van der Waals surface area contributed by atoms with Gasteiger partial charge in [-0.25, -0.2) is 0 Å². The molecule has 0 saturated heterocycles. The number of hydrogen-bond acceptors (Lipinski definition) is 3. The fourth-order valence-corrected chi connectivity index (χ4v) is 3.93. The maximum atomic E-state index is 6.10. The van der Waals surface area contributed by atoms with Crippen LogP contribution in [-0.2, 0) is 0 Å². The summed E-state index contributed by atoms with van der Waals surface area (Å²) in [6, 6.07) is 4.47. The number of thioether (sulfide) groups is 1. The van der Waals surface area contributed by atoms with Crippen LogP contribution in [0.25, 0.3) is 0 Å². The third-order valence-corrected chi connectivity index (χ3v) is 5.17. The number of hydrogen-bond donors (Lipinski definition) is 2. The van der Waals surface area contributed by atoms with Crippen LogP contribution in [0, 0.1) is 6.92 Å². The number of nitrogens with one attached hydrogen (secondary N) is 1. The van der Waals surface area contributed by atoms with Gasteiger partial charge in [0.2, 0.25) is 0 Å². The van der Waals surface area contributed by atoms with E-state index in [1.165, 1.54) is 30.6 Å². The summed E-state index contributed by atoms with van der Waals surface area (Å²) in [6.45, 7) is 4.30. The third-order valence-electron chi connectivity index (χ3n) is 3.52. The van der Waals surface area contributed by atoms with E-state index in [9.17, 15) is 0 Å². The Morgan fingerprint density at radius 1 is 1.44 bits per heavy atom. The van der Waals surface area contributed by atoms with Crippen molar-refractivity contribution in [3.63, 3.8) is 0 Å². The van der Waals surface area contributed by atoms with E-state index in [1.54, 1.807) is 0 Å². The Balaban J connectivity index is 2.11. The molecule has 1 aliphatic rings. The minimum absolute atomic E-state index is 0.563. The number of aryl methyl sites for hydroxylation is 1. The summed E-state index contributed by atoms with van der Waals surface area (Å²) in [5.41, 5.74) is 8.76. The van der Waals surface area contributed by atoms with Crippen LogP contribution in [-0.4, -0.2) is 17.0 Å². The maximum absolute atomic E-state index is 6.10. The molecule has 2 unspecified atom stereocenters. The molecule has 18 heavy (non-hydrogen) atoms. The van der Waals surface area contributed by atoms with Crippen LogP contribution in [0.15, 0.2) is 12.1 Å². The van der Waals surface area contributed by atoms with Crippen molar-refractivity contribution in [2.45, 2.75) is 44.4 Å². The molecule has 2 nitrogen and oxygen atoms in total. The van der Waals surface area contributed by atoms with Crippen molar-refractivity contribution in [1.82, 2.24) is 0 Å². The summed E-state index contributed by atoms with van der Waals surface area (Å²) in [5.74, 6) is 1.18. The first-order valence-electron chi connectivity index (χ1n) is 6.55. The SMILES string of the molecule is CCSC1CCCC1Nc1cc(Cl)c(N)cc1C. The second kappa shape index (κ2) is 6.07. The lowest BCUT2D eigenvalue weighted by atomic mass is 10.1. The quantitative estimate of drug-likeness (QED) is 0.809. The standard InChI is InChI=1S/C14H21ClN2S/c1-3-18-14-6-4-5-12(14)17-13-8-10(15)11(16)7-9(13)2/h7-8,12,14,17H,3-6,16H2,1-2H3. The van der Waals surface area contributed by atoms with Crippen LogP contribution in [0.3, 0.4) is 0 Å². The van der Waals surface area contributed by atoms with Crippen molar-refractivity contribution in [2.24, 2.45) is 0 Å². The zero-order valence-electron chi connectivity index (χ0n) is 11.0. The molecule has 1 fully saturated rings. The molecule has 3 N–H and O–H groups in total. The number of anilines is 2. The fraction of sp³-hybridized carbons (Fsp3) is 0.571. The number of nitrogens with two attached hydrogens (primary N) is 1. The molecule has 4 heteroatoms. The minimum Gasteiger partial charge on any atom is -0.398 e. The van der Waals surface area contributed by atoms with Crippen LogP contribution < -0.4 is 11.1 Å². The molecule has 0 amide bonds. The highest BCUT2D eigenvalue weighted by atomic mass is 35.5. The van der Waals surface area contributed by atoms with Gasteiger partial charge in [0.15, 0.2) is 0 Å². The Kier molecular flexibility index (Phi) is 4.68. The molecule has 0 aromatic heterocycles. The first-order valence-corrected chi connectivity index (χ1v) is 7.98.